The summed E-state index contributed by atoms with van der Waals surface area (Å²) in [5, 5.41) is 23.3. The Morgan fingerprint density at radius 3 is 1.20 bits per heavy atom. The average Bonchev–Trinajstić information content (AvgIpc) is 2.93. The lowest BCUT2D eigenvalue weighted by Gasteiger charge is -2.50. The second kappa shape index (κ2) is 13.5. The zero-order valence-corrected chi connectivity index (χ0v) is 25.3. The minimum atomic E-state index is -2.37. The highest BCUT2D eigenvalue weighted by molar-refractivity contribution is 6.74. The highest BCUT2D eigenvalue weighted by atomic mass is 28.4. The maximum Gasteiger partial charge on any atom is 0.192 e. The van der Waals surface area contributed by atoms with Crippen LogP contribution in [0.2, 0.25) is 18.1 Å². The Hall–Kier alpha value is -2.36. The van der Waals surface area contributed by atoms with Gasteiger partial charge in [0.2, 0.25) is 0 Å². The van der Waals surface area contributed by atoms with Crippen molar-refractivity contribution in [2.24, 2.45) is 0 Å². The van der Waals surface area contributed by atoms with Crippen LogP contribution in [0.4, 0.5) is 0 Å². The smallest absolute Gasteiger partial charge is 0.192 e. The van der Waals surface area contributed by atoms with Crippen LogP contribution in [0.5, 0.6) is 0 Å². The van der Waals surface area contributed by atoms with E-state index in [9.17, 15) is 10.2 Å². The van der Waals surface area contributed by atoms with E-state index in [0.29, 0.717) is 0 Å². The summed E-state index contributed by atoms with van der Waals surface area (Å²) in [6.45, 7) is 11.6. The van der Waals surface area contributed by atoms with Gasteiger partial charge in [-0.3, -0.25) is 0 Å². The van der Waals surface area contributed by atoms with E-state index >= 15 is 0 Å². The maximum atomic E-state index is 11.7. The Labute approximate surface area is 240 Å². The van der Waals surface area contributed by atoms with Crippen molar-refractivity contribution >= 4 is 8.32 Å². The second-order valence-corrected chi connectivity index (χ2v) is 16.9. The van der Waals surface area contributed by atoms with Crippen molar-refractivity contribution in [1.29, 1.82) is 0 Å². The third-order valence-electron chi connectivity index (χ3n) is 8.09. The Balaban J connectivity index is 1.66. The Morgan fingerprint density at radius 2 is 0.875 bits per heavy atom. The topological polar surface area (TPSA) is 77.4 Å². The summed E-state index contributed by atoms with van der Waals surface area (Å²) in [7, 11) is -2.37. The number of aliphatic hydroxyl groups is 2. The van der Waals surface area contributed by atoms with E-state index in [4.69, 9.17) is 18.6 Å². The van der Waals surface area contributed by atoms with E-state index < -0.39 is 44.9 Å². The molecule has 7 heteroatoms. The van der Waals surface area contributed by atoms with Crippen molar-refractivity contribution in [1.82, 2.24) is 0 Å². The van der Waals surface area contributed by atoms with Crippen molar-refractivity contribution in [3.63, 3.8) is 0 Å². The van der Waals surface area contributed by atoms with Gasteiger partial charge in [-0.2, -0.15) is 0 Å². The molecule has 0 saturated heterocycles. The summed E-state index contributed by atoms with van der Waals surface area (Å²) in [5.41, 5.74) is 2.91. The van der Waals surface area contributed by atoms with Crippen LogP contribution in [-0.2, 0) is 38.5 Å². The average molecular weight is 565 g/mol. The fourth-order valence-electron chi connectivity index (χ4n) is 4.69. The van der Waals surface area contributed by atoms with E-state index in [-0.39, 0.29) is 24.9 Å². The minimum Gasteiger partial charge on any atom is -0.408 e. The van der Waals surface area contributed by atoms with Crippen molar-refractivity contribution < 1.29 is 28.8 Å². The van der Waals surface area contributed by atoms with Gasteiger partial charge in [-0.25, -0.2) is 0 Å². The number of hydrogen-bond acceptors (Lipinski definition) is 6. The molecule has 2 N–H and O–H groups in total. The molecule has 4 rings (SSSR count). The zero-order valence-electron chi connectivity index (χ0n) is 24.3. The number of aliphatic hydroxyl groups excluding tert-OH is 2. The van der Waals surface area contributed by atoms with Crippen LogP contribution in [0.15, 0.2) is 91.0 Å². The van der Waals surface area contributed by atoms with Crippen LogP contribution in [0.3, 0.4) is 0 Å². The normalized spacial score (nSPS) is 25.6. The molecule has 0 spiro atoms. The molecule has 0 heterocycles. The molecule has 4 atom stereocenters. The Morgan fingerprint density at radius 1 is 0.550 bits per heavy atom. The molecule has 3 aromatic carbocycles. The first-order valence-electron chi connectivity index (χ1n) is 14.1. The number of rotatable bonds is 11. The van der Waals surface area contributed by atoms with Gasteiger partial charge in [0.15, 0.2) is 8.32 Å². The fourth-order valence-corrected chi connectivity index (χ4v) is 5.99. The first-order valence-corrected chi connectivity index (χ1v) is 17.0. The molecule has 216 valence electrons. The van der Waals surface area contributed by atoms with Crippen molar-refractivity contribution in [2.45, 2.75) is 95.3 Å². The molecular formula is C33H44O6Si. The largest absolute Gasteiger partial charge is 0.408 e. The Kier molecular flexibility index (Phi) is 10.3. The van der Waals surface area contributed by atoms with Gasteiger partial charge >= 0.3 is 0 Å². The van der Waals surface area contributed by atoms with E-state index in [0.717, 1.165) is 16.7 Å². The van der Waals surface area contributed by atoms with Crippen LogP contribution >= 0.6 is 0 Å². The van der Waals surface area contributed by atoms with Gasteiger partial charge in [0.25, 0.3) is 0 Å². The van der Waals surface area contributed by atoms with Crippen LogP contribution in [0.1, 0.15) is 37.5 Å². The summed E-state index contributed by atoms with van der Waals surface area (Å²) in [6.07, 6.45) is -5.45. The van der Waals surface area contributed by atoms with Gasteiger partial charge in [0, 0.05) is 0 Å². The van der Waals surface area contributed by atoms with Gasteiger partial charge in [-0.15, -0.1) is 0 Å². The van der Waals surface area contributed by atoms with Gasteiger partial charge < -0.3 is 28.8 Å². The third-order valence-corrected chi connectivity index (χ3v) is 12.6. The number of hydrogen-bond donors (Lipinski definition) is 2. The molecule has 6 nitrogen and oxygen atoms in total. The first-order chi connectivity index (χ1) is 19.1. The maximum absolute atomic E-state index is 11.7. The van der Waals surface area contributed by atoms with Crippen molar-refractivity contribution in [3.05, 3.63) is 108 Å². The molecule has 0 radical (unpaired) electrons. The first kappa shape index (κ1) is 30.6. The molecule has 3 aromatic rings. The van der Waals surface area contributed by atoms with Crippen molar-refractivity contribution in [3.8, 4) is 0 Å². The molecule has 1 aliphatic carbocycles. The predicted octanol–water partition coefficient (Wildman–Crippen LogP) is 5.87. The number of ether oxygens (including phenoxy) is 3. The molecule has 0 bridgehead atoms. The van der Waals surface area contributed by atoms with Crippen LogP contribution in [0, 0.1) is 0 Å². The van der Waals surface area contributed by atoms with Crippen molar-refractivity contribution in [2.75, 3.05) is 0 Å². The van der Waals surface area contributed by atoms with Gasteiger partial charge in [-0.1, -0.05) is 112 Å². The Bertz CT molecular complexity index is 1090. The van der Waals surface area contributed by atoms with E-state index in [1.165, 1.54) is 0 Å². The summed E-state index contributed by atoms with van der Waals surface area (Å²) in [5.74, 6) is 0. The quantitative estimate of drug-likeness (QED) is 0.284. The summed E-state index contributed by atoms with van der Waals surface area (Å²) in [6, 6.07) is 29.4. The molecule has 0 aliphatic heterocycles. The SMILES string of the molecule is CC(C)(C)[Si](C)(C)OC1C(OCc2ccccc2)C(O)C(OCc2ccccc2)C(O)C1OCc1ccccc1. The summed E-state index contributed by atoms with van der Waals surface area (Å²) >= 11 is 0. The zero-order chi connectivity index (χ0) is 28.8. The monoisotopic (exact) mass is 564 g/mol. The lowest BCUT2D eigenvalue weighted by atomic mass is 9.84. The van der Waals surface area contributed by atoms with E-state index in [2.05, 4.69) is 33.9 Å². The van der Waals surface area contributed by atoms with E-state index in [1.807, 2.05) is 91.0 Å². The minimum absolute atomic E-state index is 0.0997. The molecule has 4 unspecified atom stereocenters. The summed E-state index contributed by atoms with van der Waals surface area (Å²) < 4.78 is 26.0. The highest BCUT2D eigenvalue weighted by Gasteiger charge is 2.55. The fraction of sp³-hybridized carbons (Fsp3) is 0.455. The molecule has 1 aliphatic rings. The molecule has 40 heavy (non-hydrogen) atoms. The standard InChI is InChI=1S/C33H44O6Si/c1-33(2,3)40(4,5)39-32-30(37-22-25-17-11-7-12-18-25)27(34)29(36-21-24-15-9-6-10-16-24)28(35)31(32)38-23-26-19-13-8-14-20-26/h6-20,27-32,34-35H,21-23H2,1-5H3. The lowest BCUT2D eigenvalue weighted by Crippen LogP contribution is -2.68. The van der Waals surface area contributed by atoms with Crippen LogP contribution in [0.25, 0.3) is 0 Å². The molecule has 0 amide bonds. The predicted molar refractivity (Wildman–Crippen MR) is 159 cm³/mol. The van der Waals surface area contributed by atoms with Crippen LogP contribution < -0.4 is 0 Å². The third kappa shape index (κ3) is 7.67. The molecular weight excluding hydrogens is 520 g/mol. The number of benzene rings is 3. The molecule has 1 saturated carbocycles. The summed E-state index contributed by atoms with van der Waals surface area (Å²) in [4.78, 5) is 0. The van der Waals surface area contributed by atoms with E-state index in [1.54, 1.807) is 0 Å². The van der Waals surface area contributed by atoms with Gasteiger partial charge in [0.05, 0.1) is 19.8 Å². The lowest BCUT2D eigenvalue weighted by molar-refractivity contribution is -0.258. The second-order valence-electron chi connectivity index (χ2n) is 12.1. The van der Waals surface area contributed by atoms with Gasteiger partial charge in [0.1, 0.15) is 36.6 Å². The highest BCUT2D eigenvalue weighted by Crippen LogP contribution is 2.41. The molecule has 1 fully saturated rings. The molecule has 0 aromatic heterocycles. The van der Waals surface area contributed by atoms with Gasteiger partial charge in [-0.05, 0) is 34.8 Å². The van der Waals surface area contributed by atoms with Crippen LogP contribution in [-0.4, -0.2) is 55.2 Å².